The fourth-order valence-corrected chi connectivity index (χ4v) is 1.60. The van der Waals surface area contributed by atoms with Crippen LogP contribution in [0.4, 0.5) is 0 Å². The molecular formula is C15H25ClN2O3. The van der Waals surface area contributed by atoms with E-state index in [1.165, 1.54) is 0 Å². The molecule has 1 atom stereocenters. The summed E-state index contributed by atoms with van der Waals surface area (Å²) in [6, 6.07) is 7.20. The first kappa shape index (κ1) is 19.7. The van der Waals surface area contributed by atoms with Gasteiger partial charge in [-0.15, -0.1) is 12.4 Å². The highest BCUT2D eigenvalue weighted by Gasteiger charge is 2.22. The Hall–Kier alpha value is -1.30. The van der Waals surface area contributed by atoms with Gasteiger partial charge in [0.05, 0.1) is 17.7 Å². The van der Waals surface area contributed by atoms with E-state index in [0.717, 1.165) is 0 Å². The molecule has 0 bridgehead atoms. The number of carbonyl (C=O) groups is 1. The van der Waals surface area contributed by atoms with Crippen LogP contribution in [-0.4, -0.2) is 29.2 Å². The van der Waals surface area contributed by atoms with E-state index in [0.29, 0.717) is 11.3 Å². The molecule has 0 saturated carbocycles. The normalized spacial score (nSPS) is 12.5. The molecule has 1 unspecified atom stereocenters. The lowest BCUT2D eigenvalue weighted by atomic mass is 10.1. The largest absolute Gasteiger partial charge is 0.491 e. The van der Waals surface area contributed by atoms with Crippen molar-refractivity contribution in [3.8, 4) is 5.75 Å². The minimum Gasteiger partial charge on any atom is -0.491 e. The number of nitrogens with one attached hydrogen (secondary N) is 1. The van der Waals surface area contributed by atoms with Gasteiger partial charge >= 0.3 is 0 Å². The average Bonchev–Trinajstić information content (AvgIpc) is 2.33. The van der Waals surface area contributed by atoms with Gasteiger partial charge in [0.2, 0.25) is 5.91 Å². The van der Waals surface area contributed by atoms with Gasteiger partial charge in [0.25, 0.3) is 0 Å². The molecule has 0 radical (unpaired) electrons. The highest BCUT2D eigenvalue weighted by Crippen LogP contribution is 2.20. The second kappa shape index (κ2) is 8.22. The molecule has 5 nitrogen and oxygen atoms in total. The second-order valence-electron chi connectivity index (χ2n) is 5.69. The summed E-state index contributed by atoms with van der Waals surface area (Å²) in [4.78, 5) is 11.6. The summed E-state index contributed by atoms with van der Waals surface area (Å²) in [7, 11) is 0. The van der Waals surface area contributed by atoms with E-state index >= 15 is 0 Å². The van der Waals surface area contributed by atoms with E-state index in [1.54, 1.807) is 26.0 Å². The van der Waals surface area contributed by atoms with Gasteiger partial charge in [0.15, 0.2) is 0 Å². The van der Waals surface area contributed by atoms with Crippen LogP contribution in [0.5, 0.6) is 5.75 Å². The lowest BCUT2D eigenvalue weighted by Gasteiger charge is -2.20. The zero-order chi connectivity index (χ0) is 15.3. The molecule has 0 saturated heterocycles. The monoisotopic (exact) mass is 316 g/mol. The predicted octanol–water partition coefficient (Wildman–Crippen LogP) is 1.78. The highest BCUT2D eigenvalue weighted by atomic mass is 35.5. The first-order chi connectivity index (χ1) is 9.20. The molecule has 1 amide bonds. The van der Waals surface area contributed by atoms with E-state index in [1.807, 2.05) is 26.0 Å². The SMILES string of the molecule is CC(C)Oc1cccc(C(O)CNC(=O)C(C)(C)N)c1.Cl. The van der Waals surface area contributed by atoms with Gasteiger partial charge in [-0.2, -0.15) is 0 Å². The molecule has 21 heavy (non-hydrogen) atoms. The van der Waals surface area contributed by atoms with Crippen molar-refractivity contribution in [1.29, 1.82) is 0 Å². The van der Waals surface area contributed by atoms with Gasteiger partial charge in [-0.3, -0.25) is 4.79 Å². The summed E-state index contributed by atoms with van der Waals surface area (Å²) < 4.78 is 5.57. The summed E-state index contributed by atoms with van der Waals surface area (Å²) in [6.45, 7) is 7.22. The molecule has 1 aromatic carbocycles. The maximum atomic E-state index is 11.6. The van der Waals surface area contributed by atoms with Crippen LogP contribution in [0.2, 0.25) is 0 Å². The molecule has 0 spiro atoms. The fourth-order valence-electron chi connectivity index (χ4n) is 1.60. The molecule has 1 aromatic rings. The predicted molar refractivity (Wildman–Crippen MR) is 85.7 cm³/mol. The zero-order valence-corrected chi connectivity index (χ0v) is 13.7. The van der Waals surface area contributed by atoms with Gasteiger partial charge in [-0.05, 0) is 45.4 Å². The lowest BCUT2D eigenvalue weighted by molar-refractivity contribution is -0.125. The Bertz CT molecular complexity index is 458. The van der Waals surface area contributed by atoms with Gasteiger partial charge < -0.3 is 20.9 Å². The Labute approximate surface area is 132 Å². The second-order valence-corrected chi connectivity index (χ2v) is 5.69. The molecule has 1 rings (SSSR count). The average molecular weight is 317 g/mol. The first-order valence-corrected chi connectivity index (χ1v) is 6.72. The molecule has 0 aliphatic heterocycles. The number of ether oxygens (including phenoxy) is 1. The van der Waals surface area contributed by atoms with Crippen molar-refractivity contribution in [3.05, 3.63) is 29.8 Å². The summed E-state index contributed by atoms with van der Waals surface area (Å²) in [5, 5.41) is 12.7. The number of aliphatic hydroxyl groups excluding tert-OH is 1. The highest BCUT2D eigenvalue weighted by molar-refractivity contribution is 5.85. The molecule has 0 aliphatic carbocycles. The van der Waals surface area contributed by atoms with Gasteiger partial charge in [-0.25, -0.2) is 0 Å². The van der Waals surface area contributed by atoms with Gasteiger partial charge in [0.1, 0.15) is 5.75 Å². The third kappa shape index (κ3) is 6.80. The Morgan fingerprint density at radius 2 is 2.05 bits per heavy atom. The minimum atomic E-state index is -0.956. The quantitative estimate of drug-likeness (QED) is 0.747. The third-order valence-electron chi connectivity index (χ3n) is 2.66. The van der Waals surface area contributed by atoms with Crippen LogP contribution in [-0.2, 0) is 4.79 Å². The molecule has 0 aliphatic rings. The van der Waals surface area contributed by atoms with E-state index in [9.17, 15) is 9.90 Å². The van der Waals surface area contributed by atoms with E-state index in [2.05, 4.69) is 5.32 Å². The summed E-state index contributed by atoms with van der Waals surface area (Å²) in [5.74, 6) is 0.396. The number of benzene rings is 1. The maximum Gasteiger partial charge on any atom is 0.239 e. The standard InChI is InChI=1S/C15H24N2O3.ClH/c1-10(2)20-12-7-5-6-11(8-12)13(18)9-17-14(19)15(3,4)16;/h5-8,10,13,18H,9,16H2,1-4H3,(H,17,19);1H. The smallest absolute Gasteiger partial charge is 0.239 e. The van der Waals surface area contributed by atoms with Crippen molar-refractivity contribution >= 4 is 18.3 Å². The van der Waals surface area contributed by atoms with Crippen LogP contribution < -0.4 is 15.8 Å². The number of halogens is 1. The van der Waals surface area contributed by atoms with Crippen molar-refractivity contribution < 1.29 is 14.6 Å². The molecule has 120 valence electrons. The number of hydrogen-bond acceptors (Lipinski definition) is 4. The molecule has 6 heteroatoms. The number of aliphatic hydroxyl groups is 1. The zero-order valence-electron chi connectivity index (χ0n) is 12.9. The van der Waals surface area contributed by atoms with Gasteiger partial charge in [-0.1, -0.05) is 12.1 Å². The number of nitrogens with two attached hydrogens (primary N) is 1. The number of hydrogen-bond donors (Lipinski definition) is 3. The van der Waals surface area contributed by atoms with Crippen LogP contribution in [0, 0.1) is 0 Å². The van der Waals surface area contributed by atoms with Crippen LogP contribution in [0.25, 0.3) is 0 Å². The van der Waals surface area contributed by atoms with E-state index in [-0.39, 0.29) is 31.0 Å². The number of amides is 1. The van der Waals surface area contributed by atoms with Crippen LogP contribution in [0.3, 0.4) is 0 Å². The van der Waals surface area contributed by atoms with Crippen molar-refractivity contribution in [2.75, 3.05) is 6.54 Å². The Balaban J connectivity index is 0.00000400. The van der Waals surface area contributed by atoms with Gasteiger partial charge in [0, 0.05) is 6.54 Å². The molecule has 0 aromatic heterocycles. The van der Waals surface area contributed by atoms with Crippen molar-refractivity contribution in [1.82, 2.24) is 5.32 Å². The summed E-state index contributed by atoms with van der Waals surface area (Å²) in [6.07, 6.45) is -0.725. The maximum absolute atomic E-state index is 11.6. The summed E-state index contributed by atoms with van der Waals surface area (Å²) >= 11 is 0. The molecule has 0 fully saturated rings. The molecular weight excluding hydrogens is 292 g/mol. The topological polar surface area (TPSA) is 84.6 Å². The van der Waals surface area contributed by atoms with E-state index in [4.69, 9.17) is 10.5 Å². The van der Waals surface area contributed by atoms with Crippen molar-refractivity contribution in [3.63, 3.8) is 0 Å². The van der Waals surface area contributed by atoms with Crippen LogP contribution in [0.1, 0.15) is 39.4 Å². The number of carbonyl (C=O) groups excluding carboxylic acids is 1. The Morgan fingerprint density at radius 1 is 1.43 bits per heavy atom. The van der Waals surface area contributed by atoms with E-state index < -0.39 is 11.6 Å². The Morgan fingerprint density at radius 3 is 2.57 bits per heavy atom. The first-order valence-electron chi connectivity index (χ1n) is 6.72. The van der Waals surface area contributed by atoms with Crippen molar-refractivity contribution in [2.45, 2.75) is 45.4 Å². The molecule has 0 heterocycles. The number of rotatable bonds is 6. The van der Waals surface area contributed by atoms with Crippen molar-refractivity contribution in [2.24, 2.45) is 5.73 Å². The third-order valence-corrected chi connectivity index (χ3v) is 2.66. The van der Waals surface area contributed by atoms with Crippen LogP contribution in [0.15, 0.2) is 24.3 Å². The molecule has 4 N–H and O–H groups in total. The Kier molecular flexibility index (Phi) is 7.71. The lowest BCUT2D eigenvalue weighted by Crippen LogP contribution is -2.49. The minimum absolute atomic E-state index is 0. The summed E-state index contributed by atoms with van der Waals surface area (Å²) in [5.41, 5.74) is 5.41. The van der Waals surface area contributed by atoms with Crippen LogP contribution >= 0.6 is 12.4 Å². The fraction of sp³-hybridized carbons (Fsp3) is 0.533.